The van der Waals surface area contributed by atoms with Crippen molar-refractivity contribution in [3.8, 4) is 0 Å². The van der Waals surface area contributed by atoms with Crippen LogP contribution in [0, 0.1) is 13.8 Å². The maximum Gasteiger partial charge on any atom is 0.154 e. The van der Waals surface area contributed by atoms with E-state index < -0.39 is 0 Å². The Morgan fingerprint density at radius 3 is 2.28 bits per heavy atom. The van der Waals surface area contributed by atoms with Crippen LogP contribution in [0.5, 0.6) is 0 Å². The van der Waals surface area contributed by atoms with Gasteiger partial charge in [-0.15, -0.1) is 0 Å². The van der Waals surface area contributed by atoms with Crippen LogP contribution in [0.4, 0.5) is 5.82 Å². The van der Waals surface area contributed by atoms with Gasteiger partial charge in [-0.2, -0.15) is 0 Å². The third-order valence-electron chi connectivity index (χ3n) is 2.94. The Kier molecular flexibility index (Phi) is 5.28. The fourth-order valence-electron chi connectivity index (χ4n) is 1.69. The van der Waals surface area contributed by atoms with E-state index >= 15 is 0 Å². The number of allylic oxidation sites excluding steroid dienone is 1. The van der Waals surface area contributed by atoms with Crippen molar-refractivity contribution in [2.45, 2.75) is 20.8 Å². The quantitative estimate of drug-likeness (QED) is 0.799. The first-order valence-electron chi connectivity index (χ1n) is 6.29. The van der Waals surface area contributed by atoms with Crippen molar-refractivity contribution >= 4 is 11.9 Å². The van der Waals surface area contributed by atoms with Crippen LogP contribution in [0.25, 0.3) is 6.08 Å². The molecule has 0 radical (unpaired) electrons. The number of aryl methyl sites for hydroxylation is 1. The fraction of sp³-hybridized carbons (Fsp3) is 0.571. The summed E-state index contributed by atoms with van der Waals surface area (Å²) in [5.41, 5.74) is 2.20. The Balaban J connectivity index is 2.98. The third kappa shape index (κ3) is 3.81. The summed E-state index contributed by atoms with van der Waals surface area (Å²) in [6, 6.07) is 0. The van der Waals surface area contributed by atoms with Crippen LogP contribution in [0.1, 0.15) is 24.0 Å². The molecule has 0 unspecified atom stereocenters. The van der Waals surface area contributed by atoms with E-state index in [1.807, 2.05) is 26.0 Å². The number of likely N-dealkylation sites (N-methyl/N-ethyl adjacent to an activating group) is 2. The minimum atomic E-state index is 0.785. The summed E-state index contributed by atoms with van der Waals surface area (Å²) in [6.07, 6.45) is 3.91. The van der Waals surface area contributed by atoms with Crippen LogP contribution in [0.3, 0.4) is 0 Å². The number of aromatic nitrogens is 2. The minimum Gasteiger partial charge on any atom is -0.358 e. The van der Waals surface area contributed by atoms with E-state index in [1.165, 1.54) is 0 Å². The van der Waals surface area contributed by atoms with Gasteiger partial charge in [-0.1, -0.05) is 6.08 Å². The Morgan fingerprint density at radius 2 is 1.72 bits per heavy atom. The summed E-state index contributed by atoms with van der Waals surface area (Å²) >= 11 is 0. The lowest BCUT2D eigenvalue weighted by molar-refractivity contribution is 0.416. The van der Waals surface area contributed by atoms with Gasteiger partial charge in [0.2, 0.25) is 0 Å². The molecule has 0 bridgehead atoms. The molecule has 1 heterocycles. The number of nitrogens with zero attached hydrogens (tertiary/aromatic N) is 4. The molecular weight excluding hydrogens is 224 g/mol. The molecule has 100 valence electrons. The molecule has 0 aliphatic rings. The van der Waals surface area contributed by atoms with Crippen molar-refractivity contribution in [1.29, 1.82) is 0 Å². The Bertz CT molecular complexity index is 424. The van der Waals surface area contributed by atoms with E-state index in [-0.39, 0.29) is 0 Å². The zero-order valence-electron chi connectivity index (χ0n) is 12.4. The summed E-state index contributed by atoms with van der Waals surface area (Å²) in [4.78, 5) is 13.4. The van der Waals surface area contributed by atoms with Crippen LogP contribution in [0.2, 0.25) is 0 Å². The van der Waals surface area contributed by atoms with E-state index in [0.29, 0.717) is 0 Å². The van der Waals surface area contributed by atoms with Gasteiger partial charge in [0.15, 0.2) is 5.82 Å². The lowest BCUT2D eigenvalue weighted by atomic mass is 10.2. The Morgan fingerprint density at radius 1 is 1.06 bits per heavy atom. The van der Waals surface area contributed by atoms with Gasteiger partial charge in [0, 0.05) is 31.4 Å². The van der Waals surface area contributed by atoms with Crippen LogP contribution >= 0.6 is 0 Å². The average molecular weight is 248 g/mol. The van der Waals surface area contributed by atoms with Crippen LogP contribution < -0.4 is 4.90 Å². The molecule has 0 aliphatic heterocycles. The number of hydrogen-bond donors (Lipinski definition) is 0. The Hall–Kier alpha value is -1.42. The summed E-state index contributed by atoms with van der Waals surface area (Å²) in [7, 11) is 6.24. The highest BCUT2D eigenvalue weighted by Crippen LogP contribution is 2.18. The van der Waals surface area contributed by atoms with Gasteiger partial charge in [-0.05, 0) is 40.9 Å². The van der Waals surface area contributed by atoms with Crippen molar-refractivity contribution < 1.29 is 0 Å². The standard InChI is InChI=1S/C14H24N4/c1-7-8-13-15-12(3)11(2)14(16-13)18(6)10-9-17(4)5/h7-8H,9-10H2,1-6H3. The van der Waals surface area contributed by atoms with Gasteiger partial charge < -0.3 is 9.80 Å². The van der Waals surface area contributed by atoms with Gasteiger partial charge in [0.25, 0.3) is 0 Å². The van der Waals surface area contributed by atoms with Crippen molar-refractivity contribution in [2.75, 3.05) is 39.1 Å². The maximum absolute atomic E-state index is 4.61. The molecule has 0 saturated carbocycles. The molecule has 0 N–H and O–H groups in total. The first-order chi connectivity index (χ1) is 8.45. The SMILES string of the molecule is CC=Cc1nc(C)c(C)c(N(C)CCN(C)C)n1. The van der Waals surface area contributed by atoms with Crippen LogP contribution in [-0.2, 0) is 0 Å². The number of hydrogen-bond acceptors (Lipinski definition) is 4. The van der Waals surface area contributed by atoms with Gasteiger partial charge in [-0.3, -0.25) is 0 Å². The molecule has 0 spiro atoms. The van der Waals surface area contributed by atoms with Gasteiger partial charge in [0.05, 0.1) is 0 Å². The van der Waals surface area contributed by atoms with Gasteiger partial charge >= 0.3 is 0 Å². The molecule has 0 saturated heterocycles. The topological polar surface area (TPSA) is 32.3 Å². The molecule has 0 fully saturated rings. The second-order valence-corrected chi connectivity index (χ2v) is 4.84. The molecule has 4 heteroatoms. The highest BCUT2D eigenvalue weighted by molar-refractivity contribution is 5.52. The molecule has 0 atom stereocenters. The fourth-order valence-corrected chi connectivity index (χ4v) is 1.69. The highest BCUT2D eigenvalue weighted by Gasteiger charge is 2.11. The predicted molar refractivity (Wildman–Crippen MR) is 78.0 cm³/mol. The molecule has 1 aromatic heterocycles. The molecule has 4 nitrogen and oxygen atoms in total. The predicted octanol–water partition coefficient (Wildman–Crippen LogP) is 2.12. The number of anilines is 1. The van der Waals surface area contributed by atoms with E-state index in [0.717, 1.165) is 36.0 Å². The maximum atomic E-state index is 4.61. The minimum absolute atomic E-state index is 0.785. The van der Waals surface area contributed by atoms with E-state index in [9.17, 15) is 0 Å². The zero-order chi connectivity index (χ0) is 13.7. The average Bonchev–Trinajstić information content (AvgIpc) is 2.30. The largest absolute Gasteiger partial charge is 0.358 e. The first kappa shape index (κ1) is 14.6. The van der Waals surface area contributed by atoms with Gasteiger partial charge in [-0.25, -0.2) is 9.97 Å². The second kappa shape index (κ2) is 6.50. The summed E-state index contributed by atoms with van der Waals surface area (Å²) < 4.78 is 0. The van der Waals surface area contributed by atoms with E-state index in [2.05, 4.69) is 47.8 Å². The van der Waals surface area contributed by atoms with Crippen molar-refractivity contribution in [1.82, 2.24) is 14.9 Å². The molecule has 18 heavy (non-hydrogen) atoms. The smallest absolute Gasteiger partial charge is 0.154 e. The lowest BCUT2D eigenvalue weighted by Gasteiger charge is -2.23. The molecule has 0 aromatic carbocycles. The van der Waals surface area contributed by atoms with Crippen LogP contribution in [-0.4, -0.2) is 49.1 Å². The monoisotopic (exact) mass is 248 g/mol. The summed E-state index contributed by atoms with van der Waals surface area (Å²) in [6.45, 7) is 8.06. The van der Waals surface area contributed by atoms with Crippen molar-refractivity contribution in [3.05, 3.63) is 23.2 Å². The molecular formula is C14H24N4. The first-order valence-corrected chi connectivity index (χ1v) is 6.29. The molecule has 0 aliphatic carbocycles. The van der Waals surface area contributed by atoms with Gasteiger partial charge in [0.1, 0.15) is 5.82 Å². The summed E-state index contributed by atoms with van der Waals surface area (Å²) in [5, 5.41) is 0. The molecule has 0 amide bonds. The second-order valence-electron chi connectivity index (χ2n) is 4.84. The highest BCUT2D eigenvalue weighted by atomic mass is 15.2. The zero-order valence-corrected chi connectivity index (χ0v) is 12.4. The van der Waals surface area contributed by atoms with Crippen molar-refractivity contribution in [2.24, 2.45) is 0 Å². The molecule has 1 rings (SSSR count). The number of rotatable bonds is 5. The Labute approximate surface area is 110 Å². The molecule has 1 aromatic rings. The van der Waals surface area contributed by atoms with Crippen molar-refractivity contribution in [3.63, 3.8) is 0 Å². The lowest BCUT2D eigenvalue weighted by Crippen LogP contribution is -2.30. The normalized spacial score (nSPS) is 11.5. The van der Waals surface area contributed by atoms with E-state index in [1.54, 1.807) is 0 Å². The van der Waals surface area contributed by atoms with E-state index in [4.69, 9.17) is 0 Å². The summed E-state index contributed by atoms with van der Waals surface area (Å²) in [5.74, 6) is 1.81. The third-order valence-corrected chi connectivity index (χ3v) is 2.94. The van der Waals surface area contributed by atoms with Crippen LogP contribution in [0.15, 0.2) is 6.08 Å².